The van der Waals surface area contributed by atoms with Gasteiger partial charge in [0.05, 0.1) is 32.4 Å². The molecule has 0 heterocycles. The number of nitrogens with one attached hydrogen (secondary N) is 2. The van der Waals surface area contributed by atoms with Gasteiger partial charge in [-0.3, -0.25) is 9.69 Å². The van der Waals surface area contributed by atoms with Crippen LogP contribution in [0.15, 0.2) is 52.3 Å². The minimum absolute atomic E-state index is 0.0263. The lowest BCUT2D eigenvalue weighted by Gasteiger charge is -2.25. The van der Waals surface area contributed by atoms with Crippen LogP contribution in [0.25, 0.3) is 0 Å². The highest BCUT2D eigenvalue weighted by Crippen LogP contribution is 2.34. The zero-order valence-electron chi connectivity index (χ0n) is 17.7. The molecule has 3 N–H and O–H groups in total. The summed E-state index contributed by atoms with van der Waals surface area (Å²) in [6.07, 6.45) is -5.40. The Morgan fingerprint density at radius 3 is 2.25 bits per heavy atom. The van der Waals surface area contributed by atoms with Crippen molar-refractivity contribution in [2.75, 3.05) is 24.7 Å². The zero-order chi connectivity index (χ0) is 24.5. The molecule has 0 aliphatic carbocycles. The van der Waals surface area contributed by atoms with E-state index in [-0.39, 0.29) is 26.7 Å². The van der Waals surface area contributed by atoms with Gasteiger partial charge in [-0.15, -0.1) is 0 Å². The van der Waals surface area contributed by atoms with Crippen LogP contribution in [0.5, 0.6) is 0 Å². The highest BCUT2D eigenvalue weighted by Gasteiger charge is 2.55. The first kappa shape index (κ1) is 25.9. The predicted molar refractivity (Wildman–Crippen MR) is 115 cm³/mol. The van der Waals surface area contributed by atoms with Crippen molar-refractivity contribution < 1.29 is 31.5 Å². The van der Waals surface area contributed by atoms with Crippen molar-refractivity contribution in [2.24, 2.45) is 0 Å². The van der Waals surface area contributed by atoms with Gasteiger partial charge in [0.25, 0.3) is 5.91 Å². The molecule has 2 rings (SSSR count). The van der Waals surface area contributed by atoms with Crippen LogP contribution in [0.2, 0.25) is 5.02 Å². The summed E-state index contributed by atoms with van der Waals surface area (Å²) >= 11 is 6.03. The summed E-state index contributed by atoms with van der Waals surface area (Å²) in [6.45, 7) is 2.14. The van der Waals surface area contributed by atoms with Crippen LogP contribution < -0.4 is 10.6 Å². The molecule has 0 radical (unpaired) electrons. The first-order valence-corrected chi connectivity index (χ1v) is 11.1. The highest BCUT2D eigenvalue weighted by atomic mass is 35.5. The number of rotatable bonds is 7. The first-order chi connectivity index (χ1) is 14.6. The Balaban J connectivity index is 2.39. The lowest BCUT2D eigenvalue weighted by atomic mass is 10.1. The minimum Gasteiger partial charge on any atom is -0.373 e. The summed E-state index contributed by atoms with van der Waals surface area (Å²) in [5.74, 6) is -1.75. The number of sulfone groups is 1. The number of hydrogen-bond donors (Lipinski definition) is 3. The van der Waals surface area contributed by atoms with Crippen LogP contribution in [0.4, 0.5) is 24.5 Å². The number of benzene rings is 2. The summed E-state index contributed by atoms with van der Waals surface area (Å²) in [7, 11) is -0.434. The molecule has 7 nitrogen and oxygen atoms in total. The minimum atomic E-state index is -5.22. The molecule has 0 aliphatic rings. The van der Waals surface area contributed by atoms with E-state index in [0.717, 1.165) is 18.2 Å². The topological polar surface area (TPSA) is 98.7 Å². The van der Waals surface area contributed by atoms with Crippen molar-refractivity contribution in [3.05, 3.63) is 47.5 Å². The van der Waals surface area contributed by atoms with Gasteiger partial charge in [-0.05, 0) is 58.3 Å². The number of aliphatic hydroxyl groups is 1. The lowest BCUT2D eigenvalue weighted by Crippen LogP contribution is -2.52. The molecular weight excluding hydrogens is 471 g/mol. The predicted octanol–water partition coefficient (Wildman–Crippen LogP) is 3.74. The average molecular weight is 494 g/mol. The maximum Gasteiger partial charge on any atom is 0.426 e. The van der Waals surface area contributed by atoms with Crippen molar-refractivity contribution >= 4 is 38.7 Å². The van der Waals surface area contributed by atoms with E-state index in [1.54, 1.807) is 18.2 Å². The van der Waals surface area contributed by atoms with Crippen LogP contribution in [0, 0.1) is 0 Å². The Morgan fingerprint density at radius 1 is 1.12 bits per heavy atom. The number of carbonyl (C=O) groups is 1. The Kier molecular flexibility index (Phi) is 7.50. The van der Waals surface area contributed by atoms with Gasteiger partial charge in [0.2, 0.25) is 15.4 Å². The maximum atomic E-state index is 13.2. The SMILES string of the molecule is C[C@H](Nc1ccccc1S(=O)(=O)c1ccc(NC(=O)[C@@](C)(O)C(F)(F)F)c(Cl)c1)N(C)C. The molecule has 0 aliphatic heterocycles. The third-order valence-corrected chi connectivity index (χ3v) is 6.93. The van der Waals surface area contributed by atoms with Gasteiger partial charge in [-0.2, -0.15) is 13.2 Å². The second-order valence-corrected chi connectivity index (χ2v) is 9.77. The largest absolute Gasteiger partial charge is 0.426 e. The van der Waals surface area contributed by atoms with Gasteiger partial charge in [-0.25, -0.2) is 8.42 Å². The quantitative estimate of drug-likeness (QED) is 0.508. The van der Waals surface area contributed by atoms with Crippen molar-refractivity contribution in [3.8, 4) is 0 Å². The van der Waals surface area contributed by atoms with E-state index in [1.807, 2.05) is 31.2 Å². The van der Waals surface area contributed by atoms with E-state index in [4.69, 9.17) is 11.6 Å². The van der Waals surface area contributed by atoms with Crippen LogP contribution in [-0.4, -0.2) is 56.4 Å². The molecule has 2 atom stereocenters. The molecule has 0 fully saturated rings. The van der Waals surface area contributed by atoms with E-state index < -0.39 is 27.5 Å². The fraction of sp³-hybridized carbons (Fsp3) is 0.350. The molecule has 0 spiro atoms. The van der Waals surface area contributed by atoms with E-state index >= 15 is 0 Å². The maximum absolute atomic E-state index is 13.2. The number of halogens is 4. The number of carbonyl (C=O) groups excluding carboxylic acids is 1. The molecule has 32 heavy (non-hydrogen) atoms. The van der Waals surface area contributed by atoms with E-state index in [0.29, 0.717) is 12.6 Å². The van der Waals surface area contributed by atoms with Gasteiger partial charge >= 0.3 is 6.18 Å². The second-order valence-electron chi connectivity index (χ2n) is 7.45. The van der Waals surface area contributed by atoms with Crippen molar-refractivity contribution in [2.45, 2.75) is 41.6 Å². The van der Waals surface area contributed by atoms with Gasteiger partial charge in [0.1, 0.15) is 0 Å². The van der Waals surface area contributed by atoms with E-state index in [9.17, 15) is 31.5 Å². The number of para-hydroxylation sites is 1. The van der Waals surface area contributed by atoms with Crippen LogP contribution in [0.1, 0.15) is 13.8 Å². The zero-order valence-corrected chi connectivity index (χ0v) is 19.2. The first-order valence-electron chi connectivity index (χ1n) is 9.26. The van der Waals surface area contributed by atoms with Crippen molar-refractivity contribution in [3.63, 3.8) is 0 Å². The summed E-state index contributed by atoms with van der Waals surface area (Å²) in [6, 6.07) is 9.40. The molecule has 12 heteroatoms. The molecule has 0 aromatic heterocycles. The Labute approximate surface area is 189 Å². The van der Waals surface area contributed by atoms with Gasteiger partial charge < -0.3 is 15.7 Å². The van der Waals surface area contributed by atoms with Crippen LogP contribution >= 0.6 is 11.6 Å². The number of nitrogens with zero attached hydrogens (tertiary/aromatic N) is 1. The van der Waals surface area contributed by atoms with E-state index in [2.05, 4.69) is 5.32 Å². The van der Waals surface area contributed by atoms with Crippen LogP contribution in [0.3, 0.4) is 0 Å². The standard InChI is InChI=1S/C20H23ClF3N3O4S/c1-12(27(3)4)25-16-7-5-6-8-17(16)32(30,31)13-9-10-15(14(21)11-13)26-18(28)19(2,29)20(22,23)24/h5-12,25,29H,1-4H3,(H,26,28)/t12-,19-/m1/s1. The average Bonchev–Trinajstić information content (AvgIpc) is 2.68. The third kappa shape index (κ3) is 5.34. The molecule has 1 amide bonds. The number of anilines is 2. The monoisotopic (exact) mass is 493 g/mol. The van der Waals surface area contributed by atoms with Crippen molar-refractivity contribution in [1.82, 2.24) is 4.90 Å². The summed E-state index contributed by atoms with van der Waals surface area (Å²) in [5, 5.41) is 14.1. The van der Waals surface area contributed by atoms with E-state index in [1.165, 1.54) is 6.07 Å². The molecular formula is C20H23ClF3N3O4S. The molecule has 2 aromatic carbocycles. The molecule has 0 saturated carbocycles. The van der Waals surface area contributed by atoms with Crippen LogP contribution in [-0.2, 0) is 14.6 Å². The number of amides is 1. The lowest BCUT2D eigenvalue weighted by molar-refractivity contribution is -0.242. The Hall–Kier alpha value is -2.34. The van der Waals surface area contributed by atoms with Gasteiger partial charge in [-0.1, -0.05) is 23.7 Å². The molecule has 0 bridgehead atoms. The molecule has 0 saturated heterocycles. The smallest absolute Gasteiger partial charge is 0.373 e. The normalized spacial score (nSPS) is 15.2. The third-order valence-electron chi connectivity index (χ3n) is 4.81. The summed E-state index contributed by atoms with van der Waals surface area (Å²) in [5.41, 5.74) is -3.59. The highest BCUT2D eigenvalue weighted by molar-refractivity contribution is 7.91. The molecule has 176 valence electrons. The Morgan fingerprint density at radius 2 is 1.72 bits per heavy atom. The molecule has 0 unspecified atom stereocenters. The summed E-state index contributed by atoms with van der Waals surface area (Å²) in [4.78, 5) is 13.5. The summed E-state index contributed by atoms with van der Waals surface area (Å²) < 4.78 is 64.9. The Bertz CT molecular complexity index is 1110. The fourth-order valence-corrected chi connectivity index (χ4v) is 4.18. The number of alkyl halides is 3. The van der Waals surface area contributed by atoms with Gasteiger partial charge in [0, 0.05) is 0 Å². The van der Waals surface area contributed by atoms with Crippen molar-refractivity contribution in [1.29, 1.82) is 0 Å². The fourth-order valence-electron chi connectivity index (χ4n) is 2.44. The number of hydrogen-bond acceptors (Lipinski definition) is 6. The molecule has 2 aromatic rings. The van der Waals surface area contributed by atoms with Gasteiger partial charge in [0.15, 0.2) is 0 Å². The second kappa shape index (κ2) is 9.26.